The van der Waals surface area contributed by atoms with Crippen molar-refractivity contribution in [1.82, 2.24) is 9.59 Å². The topological polar surface area (TPSA) is 46.0 Å². The largest absolute Gasteiger partial charge is 0.387 e. The predicted molar refractivity (Wildman–Crippen MR) is 58.4 cm³/mol. The van der Waals surface area contributed by atoms with Gasteiger partial charge in [-0.3, -0.25) is 0 Å². The molecule has 0 spiro atoms. The number of unbranched alkanes of at least 4 members (excludes halogenated alkanes) is 1. The van der Waals surface area contributed by atoms with Gasteiger partial charge in [-0.2, -0.15) is 0 Å². The second-order valence-electron chi connectivity index (χ2n) is 3.49. The number of aliphatic hydroxyl groups excluding tert-OH is 1. The first-order valence-corrected chi connectivity index (χ1v) is 6.06. The van der Waals surface area contributed by atoms with Crippen LogP contribution >= 0.6 is 11.5 Å². The number of rotatable bonds is 6. The van der Waals surface area contributed by atoms with Gasteiger partial charge in [0.15, 0.2) is 0 Å². The normalized spacial score (nSPS) is 13.1. The molecule has 0 bridgehead atoms. The van der Waals surface area contributed by atoms with E-state index in [1.165, 1.54) is 11.5 Å². The van der Waals surface area contributed by atoms with Gasteiger partial charge >= 0.3 is 0 Å². The number of hydrogen-bond acceptors (Lipinski definition) is 4. The van der Waals surface area contributed by atoms with Crippen molar-refractivity contribution in [2.75, 3.05) is 0 Å². The highest BCUT2D eigenvalue weighted by molar-refractivity contribution is 7.05. The third-order valence-electron chi connectivity index (χ3n) is 2.21. The first kappa shape index (κ1) is 11.6. The van der Waals surface area contributed by atoms with E-state index in [-0.39, 0.29) is 6.10 Å². The molecule has 1 heterocycles. The van der Waals surface area contributed by atoms with Crippen LogP contribution in [0.15, 0.2) is 0 Å². The van der Waals surface area contributed by atoms with Crippen molar-refractivity contribution in [3.63, 3.8) is 0 Å². The van der Waals surface area contributed by atoms with Gasteiger partial charge in [-0.1, -0.05) is 37.6 Å². The van der Waals surface area contributed by atoms with Crippen LogP contribution in [0.3, 0.4) is 0 Å². The van der Waals surface area contributed by atoms with E-state index in [0.29, 0.717) is 0 Å². The molecule has 1 rings (SSSR count). The smallest absolute Gasteiger partial charge is 0.0917 e. The quantitative estimate of drug-likeness (QED) is 0.792. The Balaban J connectivity index is 2.58. The second kappa shape index (κ2) is 6.09. The fraction of sp³-hybridized carbons (Fsp3) is 0.800. The maximum Gasteiger partial charge on any atom is 0.0917 e. The molecule has 0 aliphatic heterocycles. The molecule has 3 nitrogen and oxygen atoms in total. The summed E-state index contributed by atoms with van der Waals surface area (Å²) < 4.78 is 3.90. The van der Waals surface area contributed by atoms with Gasteiger partial charge in [0.05, 0.1) is 16.7 Å². The molecule has 4 heteroatoms. The molecule has 1 N–H and O–H groups in total. The predicted octanol–water partition coefficient (Wildman–Crippen LogP) is 2.71. The van der Waals surface area contributed by atoms with Crippen molar-refractivity contribution in [3.8, 4) is 0 Å². The summed E-state index contributed by atoms with van der Waals surface area (Å²) in [4.78, 5) is 0.973. The Morgan fingerprint density at radius 2 is 2.14 bits per heavy atom. The molecular weight excluding hydrogens is 196 g/mol. The Labute approximate surface area is 89.3 Å². The molecule has 0 amide bonds. The molecule has 0 fully saturated rings. The highest BCUT2D eigenvalue weighted by atomic mass is 32.1. The number of hydrogen-bond donors (Lipinski definition) is 1. The van der Waals surface area contributed by atoms with E-state index in [4.69, 9.17) is 0 Å². The maximum absolute atomic E-state index is 9.88. The van der Waals surface area contributed by atoms with Gasteiger partial charge in [-0.15, -0.1) is 5.10 Å². The first-order chi connectivity index (χ1) is 6.79. The highest BCUT2D eigenvalue weighted by Crippen LogP contribution is 2.25. The van der Waals surface area contributed by atoms with Gasteiger partial charge in [0.25, 0.3) is 0 Å². The van der Waals surface area contributed by atoms with E-state index in [2.05, 4.69) is 23.4 Å². The molecule has 14 heavy (non-hydrogen) atoms. The van der Waals surface area contributed by atoms with E-state index in [1.807, 2.05) is 0 Å². The summed E-state index contributed by atoms with van der Waals surface area (Å²) in [6, 6.07) is 0. The summed E-state index contributed by atoms with van der Waals surface area (Å²) in [5, 5.41) is 13.9. The van der Waals surface area contributed by atoms with Crippen LogP contribution in [0.25, 0.3) is 0 Å². The molecule has 0 saturated heterocycles. The van der Waals surface area contributed by atoms with Crippen molar-refractivity contribution in [2.45, 2.75) is 52.1 Å². The Hall–Kier alpha value is -0.480. The van der Waals surface area contributed by atoms with Crippen LogP contribution in [0.2, 0.25) is 0 Å². The van der Waals surface area contributed by atoms with Gasteiger partial charge in [0, 0.05) is 0 Å². The number of aliphatic hydroxyl groups is 1. The molecule has 0 aliphatic carbocycles. The lowest BCUT2D eigenvalue weighted by Gasteiger charge is -2.07. The van der Waals surface area contributed by atoms with E-state index >= 15 is 0 Å². The second-order valence-corrected chi connectivity index (χ2v) is 4.28. The highest BCUT2D eigenvalue weighted by Gasteiger charge is 2.15. The lowest BCUT2D eigenvalue weighted by Crippen LogP contribution is -1.99. The van der Waals surface area contributed by atoms with Crippen LogP contribution in [0.4, 0.5) is 0 Å². The summed E-state index contributed by atoms with van der Waals surface area (Å²) in [6.07, 6.45) is 4.64. The summed E-state index contributed by atoms with van der Waals surface area (Å²) in [6.45, 7) is 4.24. The minimum atomic E-state index is -0.350. The monoisotopic (exact) mass is 214 g/mol. The molecule has 0 radical (unpaired) electrons. The number of nitrogens with zero attached hydrogens (tertiary/aromatic N) is 2. The summed E-state index contributed by atoms with van der Waals surface area (Å²) >= 11 is 1.34. The molecule has 0 aliphatic rings. The first-order valence-electron chi connectivity index (χ1n) is 5.28. The van der Waals surface area contributed by atoms with Gasteiger partial charge in [-0.05, 0) is 24.4 Å². The number of aryl methyl sites for hydroxylation is 1. The third kappa shape index (κ3) is 3.03. The Morgan fingerprint density at radius 3 is 2.79 bits per heavy atom. The molecule has 0 aromatic carbocycles. The van der Waals surface area contributed by atoms with Gasteiger partial charge < -0.3 is 5.11 Å². The van der Waals surface area contributed by atoms with Crippen LogP contribution in [0.1, 0.15) is 56.2 Å². The minimum Gasteiger partial charge on any atom is -0.387 e. The molecule has 1 aromatic heterocycles. The average molecular weight is 214 g/mol. The lowest BCUT2D eigenvalue weighted by atomic mass is 10.1. The molecule has 1 atom stereocenters. The zero-order chi connectivity index (χ0) is 10.4. The van der Waals surface area contributed by atoms with E-state index in [0.717, 1.165) is 42.7 Å². The van der Waals surface area contributed by atoms with Gasteiger partial charge in [-0.25, -0.2) is 0 Å². The SMILES string of the molecule is CCCCC(O)c1snnc1CCC. The summed E-state index contributed by atoms with van der Waals surface area (Å²) in [7, 11) is 0. The van der Waals surface area contributed by atoms with E-state index < -0.39 is 0 Å². The van der Waals surface area contributed by atoms with Crippen molar-refractivity contribution in [2.24, 2.45) is 0 Å². The van der Waals surface area contributed by atoms with Crippen LogP contribution < -0.4 is 0 Å². The third-order valence-corrected chi connectivity index (χ3v) is 3.07. The lowest BCUT2D eigenvalue weighted by molar-refractivity contribution is 0.166. The minimum absolute atomic E-state index is 0.350. The molecule has 1 aromatic rings. The van der Waals surface area contributed by atoms with Crippen LogP contribution in [-0.4, -0.2) is 14.7 Å². The average Bonchev–Trinajstić information content (AvgIpc) is 2.63. The number of aromatic nitrogens is 2. The zero-order valence-corrected chi connectivity index (χ0v) is 9.68. The standard InChI is InChI=1S/C10H18N2OS/c1-3-5-7-9(13)10-8(6-4-2)11-12-14-10/h9,13H,3-7H2,1-2H3. The Kier molecular flexibility index (Phi) is 5.04. The van der Waals surface area contributed by atoms with Crippen molar-refractivity contribution >= 4 is 11.5 Å². The van der Waals surface area contributed by atoms with E-state index in [1.54, 1.807) is 0 Å². The van der Waals surface area contributed by atoms with Crippen LogP contribution in [0, 0.1) is 0 Å². The van der Waals surface area contributed by atoms with Crippen molar-refractivity contribution in [1.29, 1.82) is 0 Å². The van der Waals surface area contributed by atoms with Crippen LogP contribution in [0.5, 0.6) is 0 Å². The molecule has 80 valence electrons. The van der Waals surface area contributed by atoms with Gasteiger partial charge in [0.1, 0.15) is 0 Å². The fourth-order valence-corrected chi connectivity index (χ4v) is 2.12. The zero-order valence-electron chi connectivity index (χ0n) is 8.86. The summed E-state index contributed by atoms with van der Waals surface area (Å²) in [5.41, 5.74) is 0.987. The van der Waals surface area contributed by atoms with Crippen molar-refractivity contribution in [3.05, 3.63) is 10.6 Å². The Morgan fingerprint density at radius 1 is 1.36 bits per heavy atom. The van der Waals surface area contributed by atoms with Gasteiger partial charge in [0.2, 0.25) is 0 Å². The Bertz CT molecular complexity index is 262. The maximum atomic E-state index is 9.88. The molecule has 0 saturated carbocycles. The fourth-order valence-electron chi connectivity index (χ4n) is 1.41. The summed E-state index contributed by atoms with van der Waals surface area (Å²) in [5.74, 6) is 0. The van der Waals surface area contributed by atoms with E-state index in [9.17, 15) is 5.11 Å². The van der Waals surface area contributed by atoms with Crippen molar-refractivity contribution < 1.29 is 5.11 Å². The molecular formula is C10H18N2OS. The molecule has 1 unspecified atom stereocenters. The van der Waals surface area contributed by atoms with Crippen LogP contribution in [-0.2, 0) is 6.42 Å².